The highest BCUT2D eigenvalue weighted by Crippen LogP contribution is 2.27. The van der Waals surface area contributed by atoms with Gasteiger partial charge in [-0.1, -0.05) is 11.6 Å². The van der Waals surface area contributed by atoms with Crippen LogP contribution in [0.25, 0.3) is 0 Å². The van der Waals surface area contributed by atoms with E-state index >= 15 is 0 Å². The number of rotatable bonds is 9. The molecule has 10 nitrogen and oxygen atoms in total. The molecule has 13 heteroatoms. The van der Waals surface area contributed by atoms with Crippen molar-refractivity contribution in [1.29, 1.82) is 0 Å². The van der Waals surface area contributed by atoms with Crippen LogP contribution >= 0.6 is 22.9 Å². The number of sulfonamides is 1. The van der Waals surface area contributed by atoms with E-state index in [4.69, 9.17) is 16.3 Å². The fourth-order valence-electron chi connectivity index (χ4n) is 2.01. The lowest BCUT2D eigenvalue weighted by Crippen LogP contribution is -2.31. The van der Waals surface area contributed by atoms with Crippen molar-refractivity contribution in [2.75, 3.05) is 25.5 Å². The Labute approximate surface area is 168 Å². The molecule has 0 aliphatic carbocycles. The first kappa shape index (κ1) is 21.8. The number of esters is 1. The molecule has 0 bridgehead atoms. The zero-order valence-corrected chi connectivity index (χ0v) is 16.7. The van der Waals surface area contributed by atoms with Gasteiger partial charge in [0.1, 0.15) is 12.2 Å². The van der Waals surface area contributed by atoms with Crippen LogP contribution in [0.5, 0.6) is 0 Å². The second-order valence-corrected chi connectivity index (χ2v) is 8.68. The number of nitro benzene ring substituents is 1. The van der Waals surface area contributed by atoms with Gasteiger partial charge < -0.3 is 10.1 Å². The third-order valence-electron chi connectivity index (χ3n) is 3.36. The van der Waals surface area contributed by atoms with Gasteiger partial charge in [0, 0.05) is 13.1 Å². The van der Waals surface area contributed by atoms with Crippen molar-refractivity contribution >= 4 is 56.1 Å². The van der Waals surface area contributed by atoms with Crippen LogP contribution in [0.2, 0.25) is 4.34 Å². The molecule has 2 rings (SSSR count). The number of ether oxygens (including phenoxy) is 1. The Kier molecular flexibility index (Phi) is 7.07. The number of carbonyl (C=O) groups is 2. The third-order valence-corrected chi connectivity index (χ3v) is 6.04. The number of ketones is 1. The first-order valence-corrected chi connectivity index (χ1v) is 10.2. The summed E-state index contributed by atoms with van der Waals surface area (Å²) in [6.45, 7) is -1.32. The fraction of sp³-hybridized carbons (Fsp3) is 0.200. The van der Waals surface area contributed by atoms with E-state index in [-0.39, 0.29) is 5.69 Å². The second-order valence-electron chi connectivity index (χ2n) is 5.20. The largest absolute Gasteiger partial charge is 0.456 e. The molecule has 0 radical (unpaired) electrons. The summed E-state index contributed by atoms with van der Waals surface area (Å²) < 4.78 is 31.6. The Hall–Kier alpha value is -2.54. The maximum atomic E-state index is 12.2. The monoisotopic (exact) mass is 447 g/mol. The molecule has 0 atom stereocenters. The molecule has 1 aromatic carbocycles. The highest BCUT2D eigenvalue weighted by molar-refractivity contribution is 7.89. The second kappa shape index (κ2) is 9.10. The first-order valence-electron chi connectivity index (χ1n) is 7.54. The van der Waals surface area contributed by atoms with Crippen molar-refractivity contribution < 1.29 is 27.7 Å². The van der Waals surface area contributed by atoms with E-state index in [0.29, 0.717) is 9.21 Å². The van der Waals surface area contributed by atoms with E-state index in [1.807, 2.05) is 4.72 Å². The summed E-state index contributed by atoms with van der Waals surface area (Å²) in [5, 5.41) is 13.6. The zero-order chi connectivity index (χ0) is 20.9. The maximum Gasteiger partial charge on any atom is 0.321 e. The molecular formula is C15H14ClN3O7S2. The summed E-state index contributed by atoms with van der Waals surface area (Å²) in [5.41, 5.74) is -0.302. The van der Waals surface area contributed by atoms with Gasteiger partial charge >= 0.3 is 5.97 Å². The minimum Gasteiger partial charge on any atom is -0.456 e. The van der Waals surface area contributed by atoms with Gasteiger partial charge in [0.2, 0.25) is 15.8 Å². The summed E-state index contributed by atoms with van der Waals surface area (Å²) in [4.78, 5) is 33.7. The van der Waals surface area contributed by atoms with Crippen LogP contribution < -0.4 is 10.0 Å². The highest BCUT2D eigenvalue weighted by atomic mass is 35.5. The van der Waals surface area contributed by atoms with Gasteiger partial charge in [-0.05, 0) is 24.3 Å². The van der Waals surface area contributed by atoms with Gasteiger partial charge in [-0.15, -0.1) is 11.3 Å². The number of hydrogen-bond donors (Lipinski definition) is 2. The lowest BCUT2D eigenvalue weighted by atomic mass is 10.3. The molecule has 0 aliphatic rings. The minimum atomic E-state index is -4.21. The van der Waals surface area contributed by atoms with E-state index in [1.165, 1.54) is 25.2 Å². The number of carbonyl (C=O) groups excluding carboxylic acids is 2. The Balaban J connectivity index is 1.97. The Morgan fingerprint density at radius 3 is 2.57 bits per heavy atom. The molecule has 0 aliphatic heterocycles. The predicted molar refractivity (Wildman–Crippen MR) is 102 cm³/mol. The molecule has 150 valence electrons. The molecule has 0 saturated carbocycles. The lowest BCUT2D eigenvalue weighted by molar-refractivity contribution is -0.384. The van der Waals surface area contributed by atoms with Crippen molar-refractivity contribution in [2.24, 2.45) is 0 Å². The standard InChI is InChI=1S/C15H14ClN3O7S2/c1-17-10-3-2-9(6-11(10)19(22)23)28(24,25)18-7-15(21)26-8-12(20)13-4-5-14(16)27-13/h2-6,17-18H,7-8H2,1H3. The number of nitro groups is 1. The van der Waals surface area contributed by atoms with Crippen molar-refractivity contribution in [1.82, 2.24) is 4.72 Å². The summed E-state index contributed by atoms with van der Waals surface area (Å²) in [7, 11) is -2.75. The number of halogens is 1. The van der Waals surface area contributed by atoms with Crippen LogP contribution in [0.1, 0.15) is 9.67 Å². The average molecular weight is 448 g/mol. The van der Waals surface area contributed by atoms with Crippen LogP contribution in [-0.4, -0.2) is 45.3 Å². The zero-order valence-electron chi connectivity index (χ0n) is 14.3. The molecule has 1 heterocycles. The predicted octanol–water partition coefficient (Wildman–Crippen LogP) is 2.06. The van der Waals surface area contributed by atoms with Crippen LogP contribution in [0.4, 0.5) is 11.4 Å². The minimum absolute atomic E-state index is 0.135. The van der Waals surface area contributed by atoms with Gasteiger partial charge in [-0.3, -0.25) is 19.7 Å². The summed E-state index contributed by atoms with van der Waals surface area (Å²) in [6, 6.07) is 6.25. The number of benzene rings is 1. The SMILES string of the molecule is CNc1ccc(S(=O)(=O)NCC(=O)OCC(=O)c2ccc(Cl)s2)cc1[N+](=O)[O-]. The molecule has 0 fully saturated rings. The van der Waals surface area contributed by atoms with Crippen LogP contribution in [-0.2, 0) is 19.6 Å². The van der Waals surface area contributed by atoms with Crippen molar-refractivity contribution in [3.63, 3.8) is 0 Å². The molecule has 0 unspecified atom stereocenters. The normalized spacial score (nSPS) is 11.1. The summed E-state index contributed by atoms with van der Waals surface area (Å²) in [5.74, 6) is -1.47. The van der Waals surface area contributed by atoms with Crippen molar-refractivity contribution in [2.45, 2.75) is 4.90 Å². The molecular weight excluding hydrogens is 434 g/mol. The number of Topliss-reactive ketones (excluding diaryl/α,β-unsaturated/α-hetero) is 1. The van der Waals surface area contributed by atoms with Gasteiger partial charge in [0.15, 0.2) is 6.61 Å². The van der Waals surface area contributed by atoms with E-state index in [2.05, 4.69) is 5.32 Å². The molecule has 2 aromatic rings. The molecule has 2 N–H and O–H groups in total. The Bertz CT molecular complexity index is 1020. The number of anilines is 1. The average Bonchev–Trinajstić information content (AvgIpc) is 3.10. The Morgan fingerprint density at radius 2 is 2.00 bits per heavy atom. The highest BCUT2D eigenvalue weighted by Gasteiger charge is 2.22. The van der Waals surface area contributed by atoms with E-state index in [0.717, 1.165) is 23.5 Å². The maximum absolute atomic E-state index is 12.2. The van der Waals surface area contributed by atoms with Crippen molar-refractivity contribution in [3.8, 4) is 0 Å². The Morgan fingerprint density at radius 1 is 1.29 bits per heavy atom. The summed E-state index contributed by atoms with van der Waals surface area (Å²) in [6.07, 6.45) is 0. The van der Waals surface area contributed by atoms with Crippen LogP contribution in [0, 0.1) is 10.1 Å². The molecule has 0 spiro atoms. The van der Waals surface area contributed by atoms with Gasteiger partial charge in [0.25, 0.3) is 5.69 Å². The van der Waals surface area contributed by atoms with Gasteiger partial charge in [-0.25, -0.2) is 8.42 Å². The topological polar surface area (TPSA) is 145 Å². The van der Waals surface area contributed by atoms with E-state index in [1.54, 1.807) is 0 Å². The number of hydrogen-bond acceptors (Lipinski definition) is 9. The van der Waals surface area contributed by atoms with Crippen LogP contribution in [0.15, 0.2) is 35.2 Å². The number of thiophene rings is 1. The lowest BCUT2D eigenvalue weighted by Gasteiger charge is -2.08. The molecule has 0 saturated heterocycles. The smallest absolute Gasteiger partial charge is 0.321 e. The third kappa shape index (κ3) is 5.48. The number of nitrogens with zero attached hydrogens (tertiary/aromatic N) is 1. The quantitative estimate of drug-likeness (QED) is 0.257. The van der Waals surface area contributed by atoms with Gasteiger partial charge in [0.05, 0.1) is 19.0 Å². The molecule has 28 heavy (non-hydrogen) atoms. The first-order chi connectivity index (χ1) is 13.1. The van der Waals surface area contributed by atoms with E-state index < -0.39 is 50.4 Å². The fourth-order valence-corrected chi connectivity index (χ4v) is 3.97. The summed E-state index contributed by atoms with van der Waals surface area (Å²) >= 11 is 6.73. The number of nitrogens with one attached hydrogen (secondary N) is 2. The molecule has 1 aromatic heterocycles. The van der Waals surface area contributed by atoms with Crippen LogP contribution in [0.3, 0.4) is 0 Å². The van der Waals surface area contributed by atoms with Crippen molar-refractivity contribution in [3.05, 3.63) is 49.7 Å². The molecule has 0 amide bonds. The van der Waals surface area contributed by atoms with Gasteiger partial charge in [-0.2, -0.15) is 4.72 Å². The van der Waals surface area contributed by atoms with E-state index in [9.17, 15) is 28.1 Å².